The molecule has 1 heterocycles. The Bertz CT molecular complexity index is 877. The number of aromatic nitrogens is 1. The molecule has 0 unspecified atom stereocenters. The van der Waals surface area contributed by atoms with Gasteiger partial charge >= 0.3 is 0 Å². The zero-order valence-electron chi connectivity index (χ0n) is 11.4. The van der Waals surface area contributed by atoms with Crippen LogP contribution >= 0.6 is 0 Å². The molecule has 0 aliphatic heterocycles. The molecule has 0 aliphatic carbocycles. The van der Waals surface area contributed by atoms with Gasteiger partial charge in [-0.05, 0) is 55.3 Å². The van der Waals surface area contributed by atoms with Crippen molar-refractivity contribution in [1.29, 1.82) is 0 Å². The Balaban J connectivity index is 2.28. The average molecular weight is 285 g/mol. The molecule has 2 aromatic carbocycles. The van der Waals surface area contributed by atoms with Crippen LogP contribution in [0.3, 0.4) is 0 Å². The molecular weight excluding hydrogens is 270 g/mol. The van der Waals surface area contributed by atoms with Gasteiger partial charge in [0.25, 0.3) is 10.0 Å². The average Bonchev–Trinajstić information content (AvgIpc) is 2.84. The Morgan fingerprint density at radius 3 is 2.25 bits per heavy atom. The van der Waals surface area contributed by atoms with Crippen LogP contribution in [-0.4, -0.2) is 12.4 Å². The summed E-state index contributed by atoms with van der Waals surface area (Å²) in [5.74, 6) is 0. The van der Waals surface area contributed by atoms with Gasteiger partial charge in [0.05, 0.1) is 10.4 Å². The lowest BCUT2D eigenvalue weighted by Crippen LogP contribution is -2.11. The van der Waals surface area contributed by atoms with Gasteiger partial charge in [-0.2, -0.15) is 0 Å². The molecule has 0 spiro atoms. The van der Waals surface area contributed by atoms with E-state index in [1.807, 2.05) is 32.0 Å². The van der Waals surface area contributed by atoms with Crippen LogP contribution in [0.15, 0.2) is 59.6 Å². The lowest BCUT2D eigenvalue weighted by molar-refractivity contribution is 0.589. The molecule has 102 valence electrons. The summed E-state index contributed by atoms with van der Waals surface area (Å²) < 4.78 is 26.7. The predicted octanol–water partition coefficient (Wildman–Crippen LogP) is 3.50. The predicted molar refractivity (Wildman–Crippen MR) is 80.4 cm³/mol. The number of hydrogen-bond acceptors (Lipinski definition) is 2. The first-order chi connectivity index (χ1) is 9.50. The maximum absolute atomic E-state index is 12.7. The van der Waals surface area contributed by atoms with Gasteiger partial charge in [-0.25, -0.2) is 12.4 Å². The van der Waals surface area contributed by atoms with Gasteiger partial charge in [-0.3, -0.25) is 0 Å². The second-order valence-electron chi connectivity index (χ2n) is 4.92. The Labute approximate surface area is 118 Å². The largest absolute Gasteiger partial charge is 0.268 e. The Kier molecular flexibility index (Phi) is 2.91. The molecule has 0 radical (unpaired) electrons. The summed E-state index contributed by atoms with van der Waals surface area (Å²) in [6.07, 6.45) is 1.62. The summed E-state index contributed by atoms with van der Waals surface area (Å²) in [6, 6.07) is 14.3. The van der Waals surface area contributed by atoms with Crippen molar-refractivity contribution >= 4 is 20.9 Å². The summed E-state index contributed by atoms with van der Waals surface area (Å²) >= 11 is 0. The van der Waals surface area contributed by atoms with Crippen molar-refractivity contribution in [3.63, 3.8) is 0 Å². The maximum atomic E-state index is 12.7. The number of hydrogen-bond donors (Lipinski definition) is 0. The van der Waals surface area contributed by atoms with Crippen LogP contribution in [0.4, 0.5) is 0 Å². The standard InChI is InChI=1S/C16H15NO2S/c1-12-10-14-8-9-17(16(14)11-13(12)2)20(18,19)15-6-4-3-5-7-15/h3-11H,1-2H3. The molecule has 3 aromatic rings. The molecule has 0 amide bonds. The second-order valence-corrected chi connectivity index (χ2v) is 6.74. The summed E-state index contributed by atoms with van der Waals surface area (Å²) in [4.78, 5) is 0.302. The number of nitrogens with zero attached hydrogens (tertiary/aromatic N) is 1. The minimum atomic E-state index is -3.54. The molecule has 20 heavy (non-hydrogen) atoms. The van der Waals surface area contributed by atoms with E-state index < -0.39 is 10.0 Å². The fourth-order valence-corrected chi connectivity index (χ4v) is 3.66. The number of fused-ring (bicyclic) bond motifs is 1. The molecule has 0 atom stereocenters. The summed E-state index contributed by atoms with van der Waals surface area (Å²) in [5, 5.41) is 0.938. The fraction of sp³-hybridized carbons (Fsp3) is 0.125. The highest BCUT2D eigenvalue weighted by atomic mass is 32.2. The summed E-state index contributed by atoms with van der Waals surface area (Å²) in [5.41, 5.74) is 2.96. The molecule has 0 fully saturated rings. The van der Waals surface area contributed by atoms with E-state index in [0.717, 1.165) is 22.0 Å². The van der Waals surface area contributed by atoms with Crippen LogP contribution in [-0.2, 0) is 10.0 Å². The summed E-state index contributed by atoms with van der Waals surface area (Å²) in [7, 11) is -3.54. The third-order valence-electron chi connectivity index (χ3n) is 3.57. The number of aryl methyl sites for hydroxylation is 2. The maximum Gasteiger partial charge on any atom is 0.268 e. The van der Waals surface area contributed by atoms with Gasteiger partial charge < -0.3 is 0 Å². The zero-order valence-corrected chi connectivity index (χ0v) is 12.2. The lowest BCUT2D eigenvalue weighted by Gasteiger charge is -2.08. The van der Waals surface area contributed by atoms with Crippen molar-refractivity contribution in [3.8, 4) is 0 Å². The van der Waals surface area contributed by atoms with Gasteiger partial charge in [-0.15, -0.1) is 0 Å². The van der Waals surface area contributed by atoms with Crippen LogP contribution in [0.5, 0.6) is 0 Å². The molecule has 0 N–H and O–H groups in total. The lowest BCUT2D eigenvalue weighted by atomic mass is 10.1. The van der Waals surface area contributed by atoms with Gasteiger partial charge in [-0.1, -0.05) is 18.2 Å². The smallest absolute Gasteiger partial charge is 0.241 e. The summed E-state index contributed by atoms with van der Waals surface area (Å²) in [6.45, 7) is 4.01. The zero-order chi connectivity index (χ0) is 14.3. The minimum absolute atomic E-state index is 0.302. The molecule has 3 rings (SSSR count). The van der Waals surface area contributed by atoms with Gasteiger partial charge in [0.15, 0.2) is 0 Å². The number of benzene rings is 2. The van der Waals surface area contributed by atoms with Crippen LogP contribution in [0.2, 0.25) is 0 Å². The third kappa shape index (κ3) is 1.93. The number of rotatable bonds is 2. The normalized spacial score (nSPS) is 11.9. The molecular formula is C16H15NO2S. The van der Waals surface area contributed by atoms with E-state index >= 15 is 0 Å². The first-order valence-corrected chi connectivity index (χ1v) is 7.83. The third-order valence-corrected chi connectivity index (χ3v) is 5.27. The van der Waals surface area contributed by atoms with Gasteiger partial charge in [0, 0.05) is 11.6 Å². The highest BCUT2D eigenvalue weighted by molar-refractivity contribution is 7.90. The van der Waals surface area contributed by atoms with E-state index in [1.54, 1.807) is 36.5 Å². The Morgan fingerprint density at radius 1 is 0.900 bits per heavy atom. The molecule has 3 nitrogen and oxygen atoms in total. The highest BCUT2D eigenvalue weighted by Gasteiger charge is 2.18. The van der Waals surface area contributed by atoms with E-state index in [1.165, 1.54) is 3.97 Å². The van der Waals surface area contributed by atoms with E-state index in [4.69, 9.17) is 0 Å². The first kappa shape index (κ1) is 12.9. The second kappa shape index (κ2) is 4.49. The molecule has 0 bridgehead atoms. The minimum Gasteiger partial charge on any atom is -0.241 e. The van der Waals surface area contributed by atoms with Crippen molar-refractivity contribution < 1.29 is 8.42 Å². The van der Waals surface area contributed by atoms with Crippen molar-refractivity contribution in [2.24, 2.45) is 0 Å². The quantitative estimate of drug-likeness (QED) is 0.723. The van der Waals surface area contributed by atoms with Crippen molar-refractivity contribution in [2.45, 2.75) is 18.7 Å². The van der Waals surface area contributed by atoms with Crippen molar-refractivity contribution in [3.05, 3.63) is 65.9 Å². The van der Waals surface area contributed by atoms with Gasteiger partial charge in [0.2, 0.25) is 0 Å². The van der Waals surface area contributed by atoms with Crippen molar-refractivity contribution in [1.82, 2.24) is 3.97 Å². The Morgan fingerprint density at radius 2 is 1.55 bits per heavy atom. The molecule has 1 aromatic heterocycles. The van der Waals surface area contributed by atoms with E-state index in [0.29, 0.717) is 4.90 Å². The van der Waals surface area contributed by atoms with E-state index in [-0.39, 0.29) is 0 Å². The molecule has 0 saturated heterocycles. The van der Waals surface area contributed by atoms with Crippen molar-refractivity contribution in [2.75, 3.05) is 0 Å². The Hall–Kier alpha value is -2.07. The van der Waals surface area contributed by atoms with Crippen LogP contribution in [0.25, 0.3) is 10.9 Å². The highest BCUT2D eigenvalue weighted by Crippen LogP contribution is 2.24. The van der Waals surface area contributed by atoms with Crippen LogP contribution in [0.1, 0.15) is 11.1 Å². The SMILES string of the molecule is Cc1cc2ccn(S(=O)(=O)c3ccccc3)c2cc1C. The molecule has 4 heteroatoms. The fourth-order valence-electron chi connectivity index (χ4n) is 2.29. The van der Waals surface area contributed by atoms with Crippen LogP contribution < -0.4 is 0 Å². The van der Waals surface area contributed by atoms with E-state index in [2.05, 4.69) is 0 Å². The van der Waals surface area contributed by atoms with Gasteiger partial charge in [0.1, 0.15) is 0 Å². The monoisotopic (exact) mass is 285 g/mol. The first-order valence-electron chi connectivity index (χ1n) is 6.39. The van der Waals surface area contributed by atoms with Crippen LogP contribution in [0, 0.1) is 13.8 Å². The molecule has 0 aliphatic rings. The topological polar surface area (TPSA) is 39.1 Å². The van der Waals surface area contributed by atoms with E-state index in [9.17, 15) is 8.42 Å². The molecule has 0 saturated carbocycles.